The quantitative estimate of drug-likeness (QED) is 0.826. The summed E-state index contributed by atoms with van der Waals surface area (Å²) < 4.78 is 39.0. The molecule has 2 aliphatic rings. The minimum absolute atomic E-state index is 0.190. The predicted molar refractivity (Wildman–Crippen MR) is 66.1 cm³/mol. The maximum atomic E-state index is 12.8. The summed E-state index contributed by atoms with van der Waals surface area (Å²) in [4.78, 5) is 0.190. The Bertz CT molecular complexity index is 539. The Morgan fingerprint density at radius 2 is 1.56 bits per heavy atom. The van der Waals surface area contributed by atoms with E-state index in [0.717, 1.165) is 12.8 Å². The number of halogens is 1. The molecule has 1 saturated heterocycles. The Labute approximate surface area is 107 Å². The number of sulfonamides is 1. The highest BCUT2D eigenvalue weighted by molar-refractivity contribution is 7.89. The van der Waals surface area contributed by atoms with Crippen LogP contribution in [0.5, 0.6) is 0 Å². The van der Waals surface area contributed by atoms with E-state index in [-0.39, 0.29) is 4.90 Å². The fourth-order valence-electron chi connectivity index (χ4n) is 2.63. The lowest BCUT2D eigenvalue weighted by Crippen LogP contribution is -2.39. The van der Waals surface area contributed by atoms with Crippen molar-refractivity contribution in [3.63, 3.8) is 0 Å². The molecule has 0 amide bonds. The minimum atomic E-state index is -3.43. The summed E-state index contributed by atoms with van der Waals surface area (Å²) in [6.45, 7) is 1.19. The molecule has 0 bridgehead atoms. The van der Waals surface area contributed by atoms with E-state index in [1.165, 1.54) is 41.4 Å². The molecule has 1 heterocycles. The molecule has 1 aromatic carbocycles. The molecule has 1 spiro atoms. The van der Waals surface area contributed by atoms with Crippen LogP contribution in [0.15, 0.2) is 29.2 Å². The molecule has 0 N–H and O–H groups in total. The summed E-state index contributed by atoms with van der Waals surface area (Å²) in [5.41, 5.74) is 0.453. The monoisotopic (exact) mass is 269 g/mol. The Morgan fingerprint density at radius 3 is 2.06 bits per heavy atom. The minimum Gasteiger partial charge on any atom is -0.207 e. The first-order valence-electron chi connectivity index (χ1n) is 6.28. The maximum Gasteiger partial charge on any atom is 0.243 e. The molecule has 1 aromatic rings. The van der Waals surface area contributed by atoms with Crippen molar-refractivity contribution in [2.24, 2.45) is 5.41 Å². The second kappa shape index (κ2) is 4.03. The summed E-state index contributed by atoms with van der Waals surface area (Å²) in [5, 5.41) is 0. The van der Waals surface area contributed by atoms with Crippen LogP contribution in [0, 0.1) is 11.2 Å². The second-order valence-electron chi connectivity index (χ2n) is 5.36. The van der Waals surface area contributed by atoms with Crippen LogP contribution in [-0.4, -0.2) is 25.8 Å². The van der Waals surface area contributed by atoms with Gasteiger partial charge in [0.15, 0.2) is 0 Å². The number of rotatable bonds is 2. The molecular weight excluding hydrogens is 253 g/mol. The van der Waals surface area contributed by atoms with Gasteiger partial charge in [0.2, 0.25) is 10.0 Å². The van der Waals surface area contributed by atoms with Gasteiger partial charge in [-0.2, -0.15) is 4.31 Å². The Hall–Kier alpha value is -0.940. The van der Waals surface area contributed by atoms with E-state index in [0.29, 0.717) is 18.5 Å². The van der Waals surface area contributed by atoms with E-state index >= 15 is 0 Å². The van der Waals surface area contributed by atoms with Gasteiger partial charge in [-0.05, 0) is 55.4 Å². The number of hydrogen-bond acceptors (Lipinski definition) is 2. The largest absolute Gasteiger partial charge is 0.243 e. The van der Waals surface area contributed by atoms with E-state index in [1.807, 2.05) is 0 Å². The van der Waals surface area contributed by atoms with Crippen LogP contribution < -0.4 is 0 Å². The SMILES string of the molecule is O=S(=O)(c1ccc(F)cc1)N1CCC2(CC1)CC2. The Balaban J connectivity index is 1.80. The molecule has 0 radical (unpaired) electrons. The van der Waals surface area contributed by atoms with E-state index < -0.39 is 15.8 Å². The third kappa shape index (κ3) is 2.06. The molecule has 3 nitrogen and oxygen atoms in total. The third-order valence-electron chi connectivity index (χ3n) is 4.19. The van der Waals surface area contributed by atoms with Crippen LogP contribution in [0.2, 0.25) is 0 Å². The summed E-state index contributed by atoms with van der Waals surface area (Å²) in [7, 11) is -3.43. The van der Waals surface area contributed by atoms with Crippen molar-refractivity contribution in [3.05, 3.63) is 30.1 Å². The number of benzene rings is 1. The highest BCUT2D eigenvalue weighted by Crippen LogP contribution is 2.53. The van der Waals surface area contributed by atoms with Gasteiger partial charge in [0, 0.05) is 13.1 Å². The smallest absolute Gasteiger partial charge is 0.207 e. The van der Waals surface area contributed by atoms with Gasteiger partial charge in [-0.3, -0.25) is 0 Å². The Kier molecular flexibility index (Phi) is 2.71. The van der Waals surface area contributed by atoms with Crippen molar-refractivity contribution in [2.45, 2.75) is 30.6 Å². The maximum absolute atomic E-state index is 12.8. The lowest BCUT2D eigenvalue weighted by atomic mass is 9.95. The van der Waals surface area contributed by atoms with E-state index in [2.05, 4.69) is 0 Å². The summed E-state index contributed by atoms with van der Waals surface area (Å²) >= 11 is 0. The van der Waals surface area contributed by atoms with Crippen LogP contribution >= 0.6 is 0 Å². The van der Waals surface area contributed by atoms with Crippen molar-refractivity contribution in [1.82, 2.24) is 4.31 Å². The van der Waals surface area contributed by atoms with E-state index in [1.54, 1.807) is 0 Å². The van der Waals surface area contributed by atoms with Gasteiger partial charge in [-0.25, -0.2) is 12.8 Å². The lowest BCUT2D eigenvalue weighted by Gasteiger charge is -2.31. The van der Waals surface area contributed by atoms with Crippen molar-refractivity contribution in [2.75, 3.05) is 13.1 Å². The van der Waals surface area contributed by atoms with Crippen molar-refractivity contribution >= 4 is 10.0 Å². The van der Waals surface area contributed by atoms with Gasteiger partial charge in [0.1, 0.15) is 5.82 Å². The fourth-order valence-corrected chi connectivity index (χ4v) is 4.07. The van der Waals surface area contributed by atoms with Gasteiger partial charge < -0.3 is 0 Å². The van der Waals surface area contributed by atoms with Crippen LogP contribution in [0.25, 0.3) is 0 Å². The fraction of sp³-hybridized carbons (Fsp3) is 0.538. The first-order chi connectivity index (χ1) is 8.52. The molecule has 5 heteroatoms. The van der Waals surface area contributed by atoms with E-state index in [9.17, 15) is 12.8 Å². The molecule has 3 rings (SSSR count). The van der Waals surface area contributed by atoms with Gasteiger partial charge >= 0.3 is 0 Å². The van der Waals surface area contributed by atoms with Gasteiger partial charge in [-0.1, -0.05) is 0 Å². The van der Waals surface area contributed by atoms with Gasteiger partial charge in [0.25, 0.3) is 0 Å². The molecule has 2 fully saturated rings. The zero-order valence-corrected chi connectivity index (χ0v) is 10.9. The molecule has 0 unspecified atom stereocenters. The third-order valence-corrected chi connectivity index (χ3v) is 6.10. The van der Waals surface area contributed by atoms with Crippen molar-refractivity contribution < 1.29 is 12.8 Å². The molecule has 98 valence electrons. The van der Waals surface area contributed by atoms with Crippen LogP contribution in [0.1, 0.15) is 25.7 Å². The molecular formula is C13H16FNO2S. The van der Waals surface area contributed by atoms with Crippen molar-refractivity contribution in [1.29, 1.82) is 0 Å². The molecule has 0 aromatic heterocycles. The van der Waals surface area contributed by atoms with Gasteiger partial charge in [-0.15, -0.1) is 0 Å². The zero-order chi connectivity index (χ0) is 12.8. The molecule has 18 heavy (non-hydrogen) atoms. The van der Waals surface area contributed by atoms with Crippen molar-refractivity contribution in [3.8, 4) is 0 Å². The molecule has 0 atom stereocenters. The predicted octanol–water partition coefficient (Wildman–Crippen LogP) is 2.39. The average molecular weight is 269 g/mol. The number of nitrogens with zero attached hydrogens (tertiary/aromatic N) is 1. The highest BCUT2D eigenvalue weighted by Gasteiger charge is 2.46. The average Bonchev–Trinajstić information content (AvgIpc) is 3.10. The van der Waals surface area contributed by atoms with E-state index in [4.69, 9.17) is 0 Å². The summed E-state index contributed by atoms with van der Waals surface area (Å²) in [6.07, 6.45) is 4.43. The summed E-state index contributed by atoms with van der Waals surface area (Å²) in [6, 6.07) is 5.07. The van der Waals surface area contributed by atoms with Crippen LogP contribution in [-0.2, 0) is 10.0 Å². The van der Waals surface area contributed by atoms with Crippen LogP contribution in [0.3, 0.4) is 0 Å². The summed E-state index contributed by atoms with van der Waals surface area (Å²) in [5.74, 6) is -0.412. The highest BCUT2D eigenvalue weighted by atomic mass is 32.2. The molecule has 1 aliphatic carbocycles. The second-order valence-corrected chi connectivity index (χ2v) is 7.30. The van der Waals surface area contributed by atoms with Gasteiger partial charge in [0.05, 0.1) is 4.90 Å². The Morgan fingerprint density at radius 1 is 1.00 bits per heavy atom. The standard InChI is InChI=1S/C13H16FNO2S/c14-11-1-3-12(4-2-11)18(16,17)15-9-7-13(5-6-13)8-10-15/h1-4H,5-10H2. The molecule has 1 aliphatic heterocycles. The number of hydrogen-bond donors (Lipinski definition) is 0. The van der Waals surface area contributed by atoms with Crippen LogP contribution in [0.4, 0.5) is 4.39 Å². The normalized spacial score (nSPS) is 23.2. The lowest BCUT2D eigenvalue weighted by molar-refractivity contribution is 0.258. The first kappa shape index (κ1) is 12.1. The first-order valence-corrected chi connectivity index (χ1v) is 7.72. The zero-order valence-electron chi connectivity index (χ0n) is 10.1. The molecule has 1 saturated carbocycles. The topological polar surface area (TPSA) is 37.4 Å². The number of piperidine rings is 1.